The van der Waals surface area contributed by atoms with Crippen molar-refractivity contribution in [1.82, 2.24) is 20.2 Å². The third-order valence-corrected chi connectivity index (χ3v) is 2.83. The molecule has 1 saturated heterocycles. The topological polar surface area (TPSA) is 93.1 Å². The van der Waals surface area contributed by atoms with Crippen LogP contribution >= 0.6 is 0 Å². The third kappa shape index (κ3) is 1.70. The number of tetrazole rings is 1. The second-order valence-corrected chi connectivity index (χ2v) is 4.06. The molecule has 7 nitrogen and oxygen atoms in total. The summed E-state index contributed by atoms with van der Waals surface area (Å²) in [5.74, 6) is 0. The van der Waals surface area contributed by atoms with Crippen LogP contribution in [0.1, 0.15) is 0 Å². The van der Waals surface area contributed by atoms with E-state index in [0.29, 0.717) is 18.8 Å². The van der Waals surface area contributed by atoms with Gasteiger partial charge in [0.1, 0.15) is 6.33 Å². The van der Waals surface area contributed by atoms with Crippen molar-refractivity contribution in [3.05, 3.63) is 24.5 Å². The predicted octanol–water partition coefficient (Wildman–Crippen LogP) is -0.575. The lowest BCUT2D eigenvalue weighted by Gasteiger charge is -2.38. The van der Waals surface area contributed by atoms with Crippen LogP contribution in [0.4, 0.5) is 11.4 Å². The molecule has 3 N–H and O–H groups in total. The van der Waals surface area contributed by atoms with Gasteiger partial charge in [-0.3, -0.25) is 0 Å². The third-order valence-electron chi connectivity index (χ3n) is 2.83. The van der Waals surface area contributed by atoms with Crippen LogP contribution < -0.4 is 10.6 Å². The molecule has 0 radical (unpaired) electrons. The number of aliphatic hydroxyl groups is 1. The summed E-state index contributed by atoms with van der Waals surface area (Å²) in [6.07, 6.45) is 1.27. The van der Waals surface area contributed by atoms with E-state index in [4.69, 9.17) is 5.73 Å². The summed E-state index contributed by atoms with van der Waals surface area (Å²) in [5, 5.41) is 20.2. The van der Waals surface area contributed by atoms with Gasteiger partial charge in [-0.25, -0.2) is 4.68 Å². The lowest BCUT2D eigenvalue weighted by Crippen LogP contribution is -2.51. The summed E-state index contributed by atoms with van der Waals surface area (Å²) in [6.45, 7) is 1.27. The van der Waals surface area contributed by atoms with Gasteiger partial charge in [-0.1, -0.05) is 0 Å². The zero-order valence-corrected chi connectivity index (χ0v) is 9.06. The second kappa shape index (κ2) is 3.70. The van der Waals surface area contributed by atoms with Gasteiger partial charge in [0.15, 0.2) is 0 Å². The Morgan fingerprint density at radius 2 is 2.18 bits per heavy atom. The van der Waals surface area contributed by atoms with E-state index >= 15 is 0 Å². The van der Waals surface area contributed by atoms with Gasteiger partial charge >= 0.3 is 0 Å². The Kier molecular flexibility index (Phi) is 2.19. The van der Waals surface area contributed by atoms with Gasteiger partial charge in [-0.2, -0.15) is 0 Å². The quantitative estimate of drug-likeness (QED) is 0.673. The fourth-order valence-electron chi connectivity index (χ4n) is 1.90. The highest BCUT2D eigenvalue weighted by Crippen LogP contribution is 2.28. The lowest BCUT2D eigenvalue weighted by atomic mass is 10.1. The van der Waals surface area contributed by atoms with Gasteiger partial charge in [-0.05, 0) is 28.6 Å². The van der Waals surface area contributed by atoms with E-state index in [9.17, 15) is 5.11 Å². The van der Waals surface area contributed by atoms with E-state index in [1.807, 2.05) is 23.1 Å². The number of nitrogens with zero attached hydrogens (tertiary/aromatic N) is 5. The van der Waals surface area contributed by atoms with Crippen LogP contribution in [0, 0.1) is 0 Å². The summed E-state index contributed by atoms with van der Waals surface area (Å²) in [6, 6.07) is 5.63. The summed E-state index contributed by atoms with van der Waals surface area (Å²) >= 11 is 0. The van der Waals surface area contributed by atoms with Crippen LogP contribution in [0.25, 0.3) is 5.69 Å². The molecule has 0 saturated carbocycles. The van der Waals surface area contributed by atoms with Crippen molar-refractivity contribution >= 4 is 11.4 Å². The molecular weight excluding hydrogens is 220 g/mol. The highest BCUT2D eigenvalue weighted by atomic mass is 16.3. The molecule has 1 aromatic heterocycles. The number of hydrogen-bond acceptors (Lipinski definition) is 6. The Morgan fingerprint density at radius 3 is 2.76 bits per heavy atom. The highest BCUT2D eigenvalue weighted by Gasteiger charge is 2.25. The second-order valence-electron chi connectivity index (χ2n) is 4.06. The molecule has 0 bridgehead atoms. The SMILES string of the molecule is Nc1cc(-n2cnnn2)ccc1N1CC(O)C1. The minimum absolute atomic E-state index is 0.242. The normalized spacial score (nSPS) is 15.9. The molecule has 2 heterocycles. The maximum atomic E-state index is 9.26. The summed E-state index contributed by atoms with van der Waals surface area (Å²) in [5.41, 5.74) is 8.39. The largest absolute Gasteiger partial charge is 0.397 e. The molecule has 17 heavy (non-hydrogen) atoms. The van der Waals surface area contributed by atoms with Gasteiger partial charge in [-0.15, -0.1) is 5.10 Å². The van der Waals surface area contributed by atoms with E-state index in [2.05, 4.69) is 15.5 Å². The molecular formula is C10H12N6O. The number of β-amino-alcohol motifs (C(OH)–C–C–N with tert-alkyl or cyclic N) is 1. The van der Waals surface area contributed by atoms with Crippen molar-refractivity contribution in [1.29, 1.82) is 0 Å². The summed E-state index contributed by atoms with van der Waals surface area (Å²) < 4.78 is 1.55. The Morgan fingerprint density at radius 1 is 1.35 bits per heavy atom. The van der Waals surface area contributed by atoms with Gasteiger partial charge < -0.3 is 15.7 Å². The zero-order valence-electron chi connectivity index (χ0n) is 9.06. The van der Waals surface area contributed by atoms with Crippen LogP contribution in [0.15, 0.2) is 24.5 Å². The van der Waals surface area contributed by atoms with Crippen molar-refractivity contribution < 1.29 is 5.11 Å². The minimum Gasteiger partial charge on any atom is -0.397 e. The highest BCUT2D eigenvalue weighted by molar-refractivity contribution is 5.71. The van der Waals surface area contributed by atoms with E-state index < -0.39 is 0 Å². The molecule has 7 heteroatoms. The number of aliphatic hydroxyl groups excluding tert-OH is 1. The number of aromatic nitrogens is 4. The summed E-state index contributed by atoms with van der Waals surface area (Å²) in [4.78, 5) is 2.03. The van der Waals surface area contributed by atoms with Gasteiger partial charge in [0, 0.05) is 13.1 Å². The van der Waals surface area contributed by atoms with E-state index in [0.717, 1.165) is 11.4 Å². The van der Waals surface area contributed by atoms with E-state index in [1.165, 1.54) is 6.33 Å². The first-order valence-corrected chi connectivity index (χ1v) is 5.30. The van der Waals surface area contributed by atoms with Crippen molar-refractivity contribution in [3.63, 3.8) is 0 Å². The molecule has 88 valence electrons. The molecule has 1 aromatic carbocycles. The smallest absolute Gasteiger partial charge is 0.143 e. The van der Waals surface area contributed by atoms with Crippen molar-refractivity contribution in [3.8, 4) is 5.69 Å². The molecule has 0 atom stereocenters. The first-order chi connectivity index (χ1) is 8.24. The Bertz CT molecular complexity index is 520. The fourth-order valence-corrected chi connectivity index (χ4v) is 1.90. The lowest BCUT2D eigenvalue weighted by molar-refractivity contribution is 0.142. The first-order valence-electron chi connectivity index (χ1n) is 5.30. The number of anilines is 2. The molecule has 2 aromatic rings. The molecule has 1 aliphatic rings. The predicted molar refractivity (Wildman–Crippen MR) is 61.8 cm³/mol. The van der Waals surface area contributed by atoms with Crippen LogP contribution in [0.5, 0.6) is 0 Å². The monoisotopic (exact) mass is 232 g/mol. The van der Waals surface area contributed by atoms with Crippen LogP contribution in [-0.2, 0) is 0 Å². The number of benzene rings is 1. The molecule has 1 fully saturated rings. The molecule has 0 unspecified atom stereocenters. The minimum atomic E-state index is -0.242. The Hall–Kier alpha value is -2.15. The standard InChI is InChI=1S/C10H12N6O/c11-9-3-7(16-6-12-13-14-16)1-2-10(9)15-4-8(17)5-15/h1-3,6,8,17H,4-5,11H2. The average Bonchev–Trinajstić information content (AvgIpc) is 2.78. The van der Waals surface area contributed by atoms with Crippen molar-refractivity contribution in [2.75, 3.05) is 23.7 Å². The van der Waals surface area contributed by atoms with Gasteiger partial charge in [0.05, 0.1) is 23.2 Å². The zero-order chi connectivity index (χ0) is 11.8. The molecule has 3 rings (SSSR count). The maximum Gasteiger partial charge on any atom is 0.143 e. The number of nitrogens with two attached hydrogens (primary N) is 1. The van der Waals surface area contributed by atoms with E-state index in [-0.39, 0.29) is 6.10 Å². The maximum absolute atomic E-state index is 9.26. The van der Waals surface area contributed by atoms with Crippen molar-refractivity contribution in [2.24, 2.45) is 0 Å². The van der Waals surface area contributed by atoms with Crippen LogP contribution in [0.2, 0.25) is 0 Å². The van der Waals surface area contributed by atoms with Crippen LogP contribution in [0.3, 0.4) is 0 Å². The van der Waals surface area contributed by atoms with Gasteiger partial charge in [0.2, 0.25) is 0 Å². The number of rotatable bonds is 2. The van der Waals surface area contributed by atoms with Crippen molar-refractivity contribution in [2.45, 2.75) is 6.10 Å². The molecule has 0 amide bonds. The van der Waals surface area contributed by atoms with E-state index in [1.54, 1.807) is 4.68 Å². The molecule has 1 aliphatic heterocycles. The average molecular weight is 232 g/mol. The molecule has 0 spiro atoms. The Balaban J connectivity index is 1.89. The fraction of sp³-hybridized carbons (Fsp3) is 0.300. The number of hydrogen-bond donors (Lipinski definition) is 2. The van der Waals surface area contributed by atoms with Crippen LogP contribution in [-0.4, -0.2) is 44.5 Å². The van der Waals surface area contributed by atoms with Gasteiger partial charge in [0.25, 0.3) is 0 Å². The first kappa shape index (κ1) is 10.0. The number of nitrogen functional groups attached to an aromatic ring is 1. The molecule has 0 aliphatic carbocycles. The summed E-state index contributed by atoms with van der Waals surface area (Å²) in [7, 11) is 0. The Labute approximate surface area is 97.5 Å².